The third-order valence-electron chi connectivity index (χ3n) is 2.18. The van der Waals surface area contributed by atoms with Crippen LogP contribution in [-0.2, 0) is 4.79 Å². The van der Waals surface area contributed by atoms with Crippen molar-refractivity contribution in [2.24, 2.45) is 11.7 Å². The first-order valence-electron chi connectivity index (χ1n) is 4.39. The highest BCUT2D eigenvalue weighted by Gasteiger charge is 2.25. The topological polar surface area (TPSA) is 46.3 Å². The van der Waals surface area contributed by atoms with Gasteiger partial charge in [-0.05, 0) is 26.8 Å². The molecule has 72 valence electrons. The van der Waals surface area contributed by atoms with Crippen LogP contribution in [0.25, 0.3) is 0 Å². The fraction of sp³-hybridized carbons (Fsp3) is 0.889. The fourth-order valence-corrected chi connectivity index (χ4v) is 1.32. The lowest BCUT2D eigenvalue weighted by atomic mass is 10.0. The van der Waals surface area contributed by atoms with E-state index < -0.39 is 0 Å². The molecule has 0 rings (SSSR count). The second kappa shape index (κ2) is 4.45. The van der Waals surface area contributed by atoms with Crippen molar-refractivity contribution in [2.45, 2.75) is 39.8 Å². The molecular weight excluding hydrogens is 152 g/mol. The van der Waals surface area contributed by atoms with Crippen molar-refractivity contribution in [3.63, 3.8) is 0 Å². The maximum absolute atomic E-state index is 11.1. The van der Waals surface area contributed by atoms with Crippen molar-refractivity contribution in [3.8, 4) is 0 Å². The molecule has 0 bridgehead atoms. The van der Waals surface area contributed by atoms with Gasteiger partial charge in [0.2, 0.25) is 5.91 Å². The Balaban J connectivity index is 4.40. The highest BCUT2D eigenvalue weighted by molar-refractivity contribution is 5.80. The van der Waals surface area contributed by atoms with Gasteiger partial charge in [-0.3, -0.25) is 9.69 Å². The molecule has 1 atom stereocenters. The zero-order valence-corrected chi connectivity index (χ0v) is 8.66. The van der Waals surface area contributed by atoms with Gasteiger partial charge < -0.3 is 5.73 Å². The van der Waals surface area contributed by atoms with Crippen LogP contribution in [0.1, 0.15) is 27.7 Å². The van der Waals surface area contributed by atoms with Gasteiger partial charge in [0.25, 0.3) is 0 Å². The summed E-state index contributed by atoms with van der Waals surface area (Å²) in [4.78, 5) is 13.1. The lowest BCUT2D eigenvalue weighted by Crippen LogP contribution is -2.48. The van der Waals surface area contributed by atoms with Gasteiger partial charge in [0.15, 0.2) is 0 Å². The lowest BCUT2D eigenvalue weighted by molar-refractivity contribution is -0.124. The van der Waals surface area contributed by atoms with E-state index in [1.54, 1.807) is 0 Å². The molecule has 0 spiro atoms. The Morgan fingerprint density at radius 3 is 1.75 bits per heavy atom. The third-order valence-corrected chi connectivity index (χ3v) is 2.18. The van der Waals surface area contributed by atoms with Crippen LogP contribution in [0.4, 0.5) is 0 Å². The molecule has 1 amide bonds. The van der Waals surface area contributed by atoms with Crippen LogP contribution in [0.3, 0.4) is 0 Å². The van der Waals surface area contributed by atoms with Crippen LogP contribution in [0, 0.1) is 5.92 Å². The minimum absolute atomic E-state index is 0.148. The van der Waals surface area contributed by atoms with Gasteiger partial charge in [0.05, 0.1) is 6.04 Å². The zero-order valence-electron chi connectivity index (χ0n) is 8.66. The van der Waals surface area contributed by atoms with Gasteiger partial charge in [-0.1, -0.05) is 13.8 Å². The third kappa shape index (κ3) is 2.81. The highest BCUT2D eigenvalue weighted by atomic mass is 16.1. The number of carbonyl (C=O) groups is 1. The summed E-state index contributed by atoms with van der Waals surface area (Å²) in [7, 11) is 1.93. The summed E-state index contributed by atoms with van der Waals surface area (Å²) < 4.78 is 0. The normalized spacial score (nSPS) is 14.3. The van der Waals surface area contributed by atoms with E-state index in [9.17, 15) is 4.79 Å². The van der Waals surface area contributed by atoms with Gasteiger partial charge in [0, 0.05) is 6.04 Å². The standard InChI is InChI=1S/C9H20N2O/c1-6(2)8(9(10)12)11(5)7(3)4/h6-8H,1-5H3,(H2,10,12). The smallest absolute Gasteiger partial charge is 0.235 e. The molecule has 0 aromatic carbocycles. The van der Waals surface area contributed by atoms with Crippen molar-refractivity contribution in [1.82, 2.24) is 4.90 Å². The first-order valence-corrected chi connectivity index (χ1v) is 4.39. The second-order valence-electron chi connectivity index (χ2n) is 3.85. The Kier molecular flexibility index (Phi) is 4.24. The minimum atomic E-state index is -0.235. The zero-order chi connectivity index (χ0) is 9.89. The summed E-state index contributed by atoms with van der Waals surface area (Å²) in [5, 5.41) is 0. The van der Waals surface area contributed by atoms with E-state index in [0.29, 0.717) is 6.04 Å². The molecule has 0 heterocycles. The monoisotopic (exact) mass is 172 g/mol. The van der Waals surface area contributed by atoms with Crippen LogP contribution >= 0.6 is 0 Å². The average Bonchev–Trinajstić information content (AvgIpc) is 1.85. The molecule has 3 nitrogen and oxygen atoms in total. The van der Waals surface area contributed by atoms with E-state index in [0.717, 1.165) is 0 Å². The molecule has 0 saturated heterocycles. The molecule has 2 N–H and O–H groups in total. The minimum Gasteiger partial charge on any atom is -0.368 e. The van der Waals surface area contributed by atoms with Crippen molar-refractivity contribution < 1.29 is 4.79 Å². The van der Waals surface area contributed by atoms with Crippen molar-refractivity contribution in [1.29, 1.82) is 0 Å². The van der Waals surface area contributed by atoms with Crippen molar-refractivity contribution in [2.75, 3.05) is 7.05 Å². The Hall–Kier alpha value is -0.570. The van der Waals surface area contributed by atoms with E-state index in [1.165, 1.54) is 0 Å². The molecule has 0 fully saturated rings. The number of carbonyl (C=O) groups excluding carboxylic acids is 1. The molecule has 0 saturated carbocycles. The molecule has 12 heavy (non-hydrogen) atoms. The van der Waals surface area contributed by atoms with E-state index in [4.69, 9.17) is 5.73 Å². The number of amides is 1. The van der Waals surface area contributed by atoms with Crippen LogP contribution in [-0.4, -0.2) is 29.9 Å². The Morgan fingerprint density at radius 2 is 1.67 bits per heavy atom. The van der Waals surface area contributed by atoms with Gasteiger partial charge >= 0.3 is 0 Å². The molecule has 0 radical (unpaired) electrons. The number of primary amides is 1. The predicted octanol–water partition coefficient (Wildman–Crippen LogP) is 0.836. The van der Waals surface area contributed by atoms with Crippen LogP contribution in [0.5, 0.6) is 0 Å². The Bertz CT molecular complexity index is 155. The number of rotatable bonds is 4. The van der Waals surface area contributed by atoms with E-state index in [-0.39, 0.29) is 17.9 Å². The van der Waals surface area contributed by atoms with E-state index in [2.05, 4.69) is 13.8 Å². The maximum Gasteiger partial charge on any atom is 0.235 e. The maximum atomic E-state index is 11.1. The number of hydrogen-bond acceptors (Lipinski definition) is 2. The number of hydrogen-bond donors (Lipinski definition) is 1. The largest absolute Gasteiger partial charge is 0.368 e. The van der Waals surface area contributed by atoms with Crippen molar-refractivity contribution >= 4 is 5.91 Å². The summed E-state index contributed by atoms with van der Waals surface area (Å²) >= 11 is 0. The van der Waals surface area contributed by atoms with Gasteiger partial charge in [-0.25, -0.2) is 0 Å². The first-order chi connectivity index (χ1) is 5.37. The van der Waals surface area contributed by atoms with Gasteiger partial charge in [-0.15, -0.1) is 0 Å². The van der Waals surface area contributed by atoms with Crippen LogP contribution in [0.2, 0.25) is 0 Å². The SMILES string of the molecule is CC(C)C(C(N)=O)N(C)C(C)C. The number of likely N-dealkylation sites (N-methyl/N-ethyl adjacent to an activating group) is 1. The molecule has 0 aliphatic carbocycles. The van der Waals surface area contributed by atoms with Crippen molar-refractivity contribution in [3.05, 3.63) is 0 Å². The van der Waals surface area contributed by atoms with Crippen LogP contribution < -0.4 is 5.73 Å². The second-order valence-corrected chi connectivity index (χ2v) is 3.85. The number of nitrogens with two attached hydrogens (primary N) is 1. The average molecular weight is 172 g/mol. The predicted molar refractivity (Wildman–Crippen MR) is 50.7 cm³/mol. The Labute approximate surface area is 74.9 Å². The summed E-state index contributed by atoms with van der Waals surface area (Å²) in [5.41, 5.74) is 5.30. The summed E-state index contributed by atoms with van der Waals surface area (Å²) in [6, 6.07) is 0.204. The summed E-state index contributed by atoms with van der Waals surface area (Å²) in [5.74, 6) is 0.0381. The number of nitrogens with zero attached hydrogens (tertiary/aromatic N) is 1. The fourth-order valence-electron chi connectivity index (χ4n) is 1.32. The first kappa shape index (κ1) is 11.4. The van der Waals surface area contributed by atoms with Gasteiger partial charge in [0.1, 0.15) is 0 Å². The molecule has 0 aromatic heterocycles. The lowest BCUT2D eigenvalue weighted by Gasteiger charge is -2.31. The Morgan fingerprint density at radius 1 is 1.25 bits per heavy atom. The molecule has 0 aliphatic heterocycles. The quantitative estimate of drug-likeness (QED) is 0.683. The molecule has 0 aromatic rings. The van der Waals surface area contributed by atoms with E-state index in [1.807, 2.05) is 25.8 Å². The molecule has 3 heteroatoms. The van der Waals surface area contributed by atoms with Crippen LogP contribution in [0.15, 0.2) is 0 Å². The molecule has 1 unspecified atom stereocenters. The molecular formula is C9H20N2O. The highest BCUT2D eigenvalue weighted by Crippen LogP contribution is 2.11. The summed E-state index contributed by atoms with van der Waals surface area (Å²) in [6.45, 7) is 8.12. The molecule has 0 aliphatic rings. The van der Waals surface area contributed by atoms with E-state index >= 15 is 0 Å². The van der Waals surface area contributed by atoms with Gasteiger partial charge in [-0.2, -0.15) is 0 Å². The summed E-state index contributed by atoms with van der Waals surface area (Å²) in [6.07, 6.45) is 0.